The molecule has 0 aromatic heterocycles. The van der Waals surface area contributed by atoms with E-state index in [2.05, 4.69) is 0 Å². The molecular formula is C14H16F2O4. The van der Waals surface area contributed by atoms with E-state index in [0.29, 0.717) is 12.8 Å². The van der Waals surface area contributed by atoms with Crippen molar-refractivity contribution in [2.45, 2.75) is 37.9 Å². The molecule has 6 heteroatoms. The van der Waals surface area contributed by atoms with Crippen LogP contribution in [0.2, 0.25) is 0 Å². The number of hydrogen-bond donors (Lipinski definition) is 1. The van der Waals surface area contributed by atoms with Crippen LogP contribution in [0.25, 0.3) is 0 Å². The highest BCUT2D eigenvalue weighted by Gasteiger charge is 2.26. The van der Waals surface area contributed by atoms with Gasteiger partial charge in [0.25, 0.3) is 0 Å². The Labute approximate surface area is 115 Å². The van der Waals surface area contributed by atoms with Gasteiger partial charge >= 0.3 is 5.97 Å². The molecule has 1 saturated carbocycles. The number of benzene rings is 1. The fourth-order valence-electron chi connectivity index (χ4n) is 2.39. The van der Waals surface area contributed by atoms with Gasteiger partial charge in [0.1, 0.15) is 6.10 Å². The Balaban J connectivity index is 2.15. The molecule has 2 rings (SSSR count). The molecule has 1 fully saturated rings. The number of halogens is 2. The van der Waals surface area contributed by atoms with Crippen molar-refractivity contribution < 1.29 is 28.2 Å². The third-order valence-corrected chi connectivity index (χ3v) is 3.44. The average molecular weight is 286 g/mol. The van der Waals surface area contributed by atoms with Crippen LogP contribution < -0.4 is 4.74 Å². The van der Waals surface area contributed by atoms with Gasteiger partial charge in [-0.25, -0.2) is 13.6 Å². The third-order valence-electron chi connectivity index (χ3n) is 3.44. The summed E-state index contributed by atoms with van der Waals surface area (Å²) in [6, 6.07) is 1.52. The molecule has 20 heavy (non-hydrogen) atoms. The molecule has 0 radical (unpaired) electrons. The maximum Gasteiger partial charge on any atom is 0.335 e. The molecular weight excluding hydrogens is 270 g/mol. The number of ether oxygens (including phenoxy) is 2. The highest BCUT2D eigenvalue weighted by atomic mass is 19.1. The minimum atomic E-state index is -1.38. The number of aromatic carboxylic acids is 1. The van der Waals surface area contributed by atoms with E-state index >= 15 is 0 Å². The molecule has 1 aromatic rings. The van der Waals surface area contributed by atoms with E-state index in [4.69, 9.17) is 14.6 Å². The lowest BCUT2D eigenvalue weighted by Crippen LogP contribution is -2.30. The second kappa shape index (κ2) is 6.17. The third kappa shape index (κ3) is 3.25. The molecule has 4 nitrogen and oxygen atoms in total. The summed E-state index contributed by atoms with van der Waals surface area (Å²) in [5.74, 6) is -3.90. The number of carboxylic acids is 1. The Morgan fingerprint density at radius 1 is 1.25 bits per heavy atom. The summed E-state index contributed by atoms with van der Waals surface area (Å²) in [6.07, 6.45) is 2.72. The summed E-state index contributed by atoms with van der Waals surface area (Å²) >= 11 is 0. The first kappa shape index (κ1) is 14.7. The summed E-state index contributed by atoms with van der Waals surface area (Å²) in [5, 5.41) is 8.72. The molecule has 1 aromatic carbocycles. The minimum Gasteiger partial charge on any atom is -0.484 e. The van der Waals surface area contributed by atoms with Crippen LogP contribution >= 0.6 is 0 Å². The monoisotopic (exact) mass is 286 g/mol. The molecule has 1 N–H and O–H groups in total. The molecule has 1 aliphatic carbocycles. The molecule has 2 atom stereocenters. The lowest BCUT2D eigenvalue weighted by Gasteiger charge is -2.28. The first-order valence-electron chi connectivity index (χ1n) is 6.43. The molecule has 1 aliphatic rings. The van der Waals surface area contributed by atoms with Crippen molar-refractivity contribution in [3.63, 3.8) is 0 Å². The van der Waals surface area contributed by atoms with Gasteiger partial charge in [-0.3, -0.25) is 0 Å². The molecule has 0 bridgehead atoms. The van der Waals surface area contributed by atoms with Crippen LogP contribution in [-0.2, 0) is 4.74 Å². The Hall–Kier alpha value is -1.69. The van der Waals surface area contributed by atoms with Crippen LogP contribution in [-0.4, -0.2) is 30.4 Å². The van der Waals surface area contributed by atoms with Crippen molar-refractivity contribution in [1.82, 2.24) is 0 Å². The Morgan fingerprint density at radius 2 is 1.85 bits per heavy atom. The lowest BCUT2D eigenvalue weighted by molar-refractivity contribution is 0.0184. The fraction of sp³-hybridized carbons (Fsp3) is 0.500. The van der Waals surface area contributed by atoms with Crippen molar-refractivity contribution in [3.8, 4) is 5.75 Å². The second-order valence-electron chi connectivity index (χ2n) is 4.84. The van der Waals surface area contributed by atoms with Crippen molar-refractivity contribution >= 4 is 5.97 Å². The van der Waals surface area contributed by atoms with Crippen LogP contribution in [0.5, 0.6) is 5.75 Å². The minimum absolute atomic E-state index is 0.0261. The maximum atomic E-state index is 13.7. The van der Waals surface area contributed by atoms with E-state index in [1.165, 1.54) is 0 Å². The molecule has 0 spiro atoms. The lowest BCUT2D eigenvalue weighted by atomic mass is 9.95. The van der Waals surface area contributed by atoms with E-state index < -0.39 is 28.9 Å². The zero-order valence-electron chi connectivity index (χ0n) is 11.1. The summed E-state index contributed by atoms with van der Waals surface area (Å²) in [4.78, 5) is 10.7. The van der Waals surface area contributed by atoms with Gasteiger partial charge in [0.2, 0.25) is 0 Å². The van der Waals surface area contributed by atoms with Crippen LogP contribution in [0.15, 0.2) is 12.1 Å². The number of carboxylic acid groups (broad SMARTS) is 1. The maximum absolute atomic E-state index is 13.7. The van der Waals surface area contributed by atoms with E-state index in [-0.39, 0.29) is 12.2 Å². The van der Waals surface area contributed by atoms with Gasteiger partial charge in [-0.05, 0) is 31.4 Å². The number of hydrogen-bond acceptors (Lipinski definition) is 3. The van der Waals surface area contributed by atoms with Crippen molar-refractivity contribution in [1.29, 1.82) is 0 Å². The van der Waals surface area contributed by atoms with Crippen molar-refractivity contribution in [2.24, 2.45) is 0 Å². The van der Waals surface area contributed by atoms with E-state index in [1.54, 1.807) is 7.11 Å². The van der Waals surface area contributed by atoms with Gasteiger partial charge in [0.15, 0.2) is 17.4 Å². The first-order chi connectivity index (χ1) is 9.51. The first-order valence-corrected chi connectivity index (χ1v) is 6.43. The largest absolute Gasteiger partial charge is 0.484 e. The van der Waals surface area contributed by atoms with Gasteiger partial charge in [-0.15, -0.1) is 0 Å². The normalized spacial score (nSPS) is 22.6. The zero-order valence-corrected chi connectivity index (χ0v) is 11.1. The Kier molecular flexibility index (Phi) is 4.54. The molecule has 110 valence electrons. The van der Waals surface area contributed by atoms with Gasteiger partial charge in [0, 0.05) is 13.5 Å². The van der Waals surface area contributed by atoms with Gasteiger partial charge in [-0.2, -0.15) is 0 Å². The number of carbonyl (C=O) groups is 1. The van der Waals surface area contributed by atoms with Gasteiger partial charge in [0.05, 0.1) is 11.7 Å². The summed E-state index contributed by atoms with van der Waals surface area (Å²) in [7, 11) is 1.59. The van der Waals surface area contributed by atoms with Gasteiger partial charge < -0.3 is 14.6 Å². The standard InChI is InChI=1S/C14H16F2O4/c1-19-9-3-2-4-10(7-9)20-13-11(15)5-8(14(17)18)6-12(13)16/h5-6,9-10H,2-4,7H2,1H3,(H,17,18). The molecule has 0 aliphatic heterocycles. The van der Waals surface area contributed by atoms with Crippen molar-refractivity contribution in [2.75, 3.05) is 7.11 Å². The molecule has 2 unspecified atom stereocenters. The molecule has 0 heterocycles. The van der Waals surface area contributed by atoms with E-state index in [0.717, 1.165) is 25.0 Å². The van der Waals surface area contributed by atoms with Crippen molar-refractivity contribution in [3.05, 3.63) is 29.3 Å². The van der Waals surface area contributed by atoms with Crippen LogP contribution in [0, 0.1) is 11.6 Å². The zero-order chi connectivity index (χ0) is 14.7. The topological polar surface area (TPSA) is 55.8 Å². The summed E-state index contributed by atoms with van der Waals surface area (Å²) < 4.78 is 38.1. The smallest absolute Gasteiger partial charge is 0.335 e. The fourth-order valence-corrected chi connectivity index (χ4v) is 2.39. The molecule has 0 amide bonds. The second-order valence-corrected chi connectivity index (χ2v) is 4.84. The van der Waals surface area contributed by atoms with E-state index in [1.807, 2.05) is 0 Å². The van der Waals surface area contributed by atoms with Gasteiger partial charge in [-0.1, -0.05) is 0 Å². The average Bonchev–Trinajstić information content (AvgIpc) is 2.42. The quantitative estimate of drug-likeness (QED) is 0.924. The van der Waals surface area contributed by atoms with E-state index in [9.17, 15) is 13.6 Å². The SMILES string of the molecule is COC1CCCC(Oc2c(F)cc(C(=O)O)cc2F)C1. The predicted molar refractivity (Wildman–Crippen MR) is 67.0 cm³/mol. The predicted octanol–water partition coefficient (Wildman–Crippen LogP) is 3.00. The summed E-state index contributed by atoms with van der Waals surface area (Å²) in [6.45, 7) is 0. The highest BCUT2D eigenvalue weighted by molar-refractivity contribution is 5.87. The van der Waals surface area contributed by atoms with Crippen LogP contribution in [0.1, 0.15) is 36.0 Å². The summed E-state index contributed by atoms with van der Waals surface area (Å²) in [5.41, 5.74) is -0.439. The van der Waals surface area contributed by atoms with Crippen LogP contribution in [0.3, 0.4) is 0 Å². The Bertz CT molecular complexity index is 481. The molecule has 0 saturated heterocycles. The Morgan fingerprint density at radius 3 is 2.40 bits per heavy atom. The number of rotatable bonds is 4. The van der Waals surface area contributed by atoms with Crippen LogP contribution in [0.4, 0.5) is 8.78 Å². The number of methoxy groups -OCH3 is 1. The highest BCUT2D eigenvalue weighted by Crippen LogP contribution is 2.29.